The van der Waals surface area contributed by atoms with Crippen LogP contribution < -0.4 is 20.7 Å². The average Bonchev–Trinajstić information content (AvgIpc) is 3.14. The highest BCUT2D eigenvalue weighted by Crippen LogP contribution is 2.29. The average molecular weight is 445 g/mol. The van der Waals surface area contributed by atoms with Crippen LogP contribution in [0.4, 0.5) is 11.6 Å². The third-order valence-corrected chi connectivity index (χ3v) is 6.63. The number of benzene rings is 2. The summed E-state index contributed by atoms with van der Waals surface area (Å²) in [6, 6.07) is 14.3. The molecule has 7 heteroatoms. The molecule has 0 unspecified atom stereocenters. The molecular formula is C26H30N5O2+. The van der Waals surface area contributed by atoms with Crippen molar-refractivity contribution in [2.45, 2.75) is 40.8 Å². The summed E-state index contributed by atoms with van der Waals surface area (Å²) in [5.74, 6) is 1.18. The molecule has 33 heavy (non-hydrogen) atoms. The summed E-state index contributed by atoms with van der Waals surface area (Å²) in [7, 11) is 1.73. The predicted octanol–water partition coefficient (Wildman–Crippen LogP) is 3.08. The van der Waals surface area contributed by atoms with Gasteiger partial charge in [-0.2, -0.15) is 0 Å². The second kappa shape index (κ2) is 7.76. The van der Waals surface area contributed by atoms with Crippen LogP contribution in [0, 0.1) is 26.7 Å². The fourth-order valence-corrected chi connectivity index (χ4v) is 5.01. The van der Waals surface area contributed by atoms with Crippen LogP contribution in [0.15, 0.2) is 52.1 Å². The molecule has 1 N–H and O–H groups in total. The van der Waals surface area contributed by atoms with E-state index in [0.29, 0.717) is 23.6 Å². The highest BCUT2D eigenvalue weighted by Gasteiger charge is 2.36. The Hall–Kier alpha value is -3.61. The molecule has 2 aromatic carbocycles. The molecule has 2 aromatic heterocycles. The van der Waals surface area contributed by atoms with Crippen LogP contribution in [-0.2, 0) is 20.1 Å². The minimum absolute atomic E-state index is 0.255. The van der Waals surface area contributed by atoms with Crippen molar-refractivity contribution >= 4 is 22.8 Å². The van der Waals surface area contributed by atoms with Crippen LogP contribution >= 0.6 is 0 Å². The number of rotatable bonds is 3. The first-order valence-electron chi connectivity index (χ1n) is 11.4. The molecule has 1 atom stereocenters. The van der Waals surface area contributed by atoms with Crippen LogP contribution in [0.5, 0.6) is 0 Å². The normalized spacial score (nSPS) is 15.8. The van der Waals surface area contributed by atoms with Gasteiger partial charge >= 0.3 is 11.6 Å². The molecule has 0 saturated carbocycles. The van der Waals surface area contributed by atoms with E-state index in [2.05, 4.69) is 53.4 Å². The number of imidazole rings is 1. The highest BCUT2D eigenvalue weighted by atomic mass is 16.2. The number of anilines is 2. The molecule has 0 bridgehead atoms. The summed E-state index contributed by atoms with van der Waals surface area (Å²) < 4.78 is 4.97. The number of aromatic amines is 1. The quantitative estimate of drug-likeness (QED) is 0.494. The van der Waals surface area contributed by atoms with Crippen molar-refractivity contribution in [3.05, 3.63) is 85.6 Å². The molecule has 0 fully saturated rings. The molecule has 4 aromatic rings. The fourth-order valence-electron chi connectivity index (χ4n) is 5.01. The maximum atomic E-state index is 13.7. The number of hydrogen-bond donors (Lipinski definition) is 1. The van der Waals surface area contributed by atoms with E-state index < -0.39 is 0 Å². The number of fused-ring (bicyclic) bond motifs is 3. The third kappa shape index (κ3) is 3.48. The van der Waals surface area contributed by atoms with E-state index in [4.69, 9.17) is 0 Å². The molecule has 1 aliphatic rings. The van der Waals surface area contributed by atoms with Crippen LogP contribution in [0.2, 0.25) is 0 Å². The Morgan fingerprint density at radius 2 is 1.76 bits per heavy atom. The van der Waals surface area contributed by atoms with E-state index in [9.17, 15) is 9.59 Å². The maximum Gasteiger partial charge on any atom is 0.364 e. The van der Waals surface area contributed by atoms with E-state index in [1.807, 2.05) is 31.2 Å². The van der Waals surface area contributed by atoms with E-state index in [0.717, 1.165) is 29.3 Å². The maximum absolute atomic E-state index is 13.7. The zero-order valence-electron chi connectivity index (χ0n) is 19.8. The van der Waals surface area contributed by atoms with Gasteiger partial charge in [-0.05, 0) is 55.2 Å². The Morgan fingerprint density at radius 3 is 2.45 bits per heavy atom. The van der Waals surface area contributed by atoms with Gasteiger partial charge in [0, 0.05) is 13.0 Å². The SMILES string of the molecule is Cc1cc(C)cc(N2C[C@@H](C)C[n+]3c2[nH]c2c3c(=O)n(Cc3ccccc3C)c(=O)n2C)c1. The Bertz CT molecular complexity index is 1490. The van der Waals surface area contributed by atoms with Crippen LogP contribution in [0.1, 0.15) is 29.2 Å². The Morgan fingerprint density at radius 1 is 1.06 bits per heavy atom. The standard InChI is InChI=1S/C26H29N5O2/c1-16-10-17(2)12-21(11-16)29-13-18(3)14-30-22-23(27-25(29)30)28(5)26(33)31(24(22)32)15-20-9-7-6-8-19(20)4/h6-12,18H,13-15H2,1-5H3/p+1/t18-/m1/s1. The Labute approximate surface area is 192 Å². The van der Waals surface area contributed by atoms with E-state index in [1.165, 1.54) is 15.7 Å². The van der Waals surface area contributed by atoms with Crippen molar-refractivity contribution in [3.63, 3.8) is 0 Å². The lowest BCUT2D eigenvalue weighted by Crippen LogP contribution is -2.52. The number of hydrogen-bond acceptors (Lipinski definition) is 3. The molecule has 170 valence electrons. The van der Waals surface area contributed by atoms with Crippen molar-refractivity contribution in [2.75, 3.05) is 11.4 Å². The largest absolute Gasteiger partial charge is 0.364 e. The van der Waals surface area contributed by atoms with Gasteiger partial charge in [0.25, 0.3) is 5.56 Å². The molecule has 0 saturated heterocycles. The van der Waals surface area contributed by atoms with Crippen molar-refractivity contribution in [3.8, 4) is 0 Å². The van der Waals surface area contributed by atoms with Gasteiger partial charge in [0.1, 0.15) is 5.69 Å². The van der Waals surface area contributed by atoms with E-state index >= 15 is 0 Å². The number of nitrogens with one attached hydrogen (secondary N) is 1. The van der Waals surface area contributed by atoms with Gasteiger partial charge in [-0.25, -0.2) is 19.2 Å². The Kier molecular flexibility index (Phi) is 5.00. The first-order valence-corrected chi connectivity index (χ1v) is 11.4. The van der Waals surface area contributed by atoms with Crippen LogP contribution in [-0.4, -0.2) is 20.7 Å². The molecule has 5 rings (SSSR count). The molecule has 7 nitrogen and oxygen atoms in total. The van der Waals surface area contributed by atoms with Crippen LogP contribution in [0.3, 0.4) is 0 Å². The Balaban J connectivity index is 1.74. The topological polar surface area (TPSA) is 66.9 Å². The van der Waals surface area contributed by atoms with E-state index in [-0.39, 0.29) is 17.8 Å². The van der Waals surface area contributed by atoms with E-state index in [1.54, 1.807) is 11.6 Å². The van der Waals surface area contributed by atoms with Crippen molar-refractivity contribution < 1.29 is 4.57 Å². The smallest absolute Gasteiger partial charge is 0.267 e. The summed E-state index contributed by atoms with van der Waals surface area (Å²) in [6.45, 7) is 10.2. The van der Waals surface area contributed by atoms with Gasteiger partial charge in [-0.1, -0.05) is 37.3 Å². The lowest BCUT2D eigenvalue weighted by molar-refractivity contribution is -0.669. The third-order valence-electron chi connectivity index (χ3n) is 6.63. The molecular weight excluding hydrogens is 414 g/mol. The number of H-pyrrole nitrogens is 1. The molecule has 0 aliphatic carbocycles. The van der Waals surface area contributed by atoms with Gasteiger partial charge in [0.05, 0.1) is 19.6 Å². The van der Waals surface area contributed by atoms with Gasteiger partial charge in [0.15, 0.2) is 0 Å². The van der Waals surface area contributed by atoms with Crippen molar-refractivity contribution in [1.82, 2.24) is 14.1 Å². The van der Waals surface area contributed by atoms with Gasteiger partial charge in [0.2, 0.25) is 11.2 Å². The monoisotopic (exact) mass is 444 g/mol. The van der Waals surface area contributed by atoms with Crippen molar-refractivity contribution in [2.24, 2.45) is 13.0 Å². The number of aryl methyl sites for hydroxylation is 4. The summed E-state index contributed by atoms with van der Waals surface area (Å²) in [5.41, 5.74) is 6.03. The number of nitrogens with zero attached hydrogens (tertiary/aromatic N) is 4. The number of aromatic nitrogens is 4. The second-order valence-electron chi connectivity index (χ2n) is 9.48. The summed E-state index contributed by atoms with van der Waals surface area (Å²) >= 11 is 0. The second-order valence-corrected chi connectivity index (χ2v) is 9.48. The van der Waals surface area contributed by atoms with Crippen molar-refractivity contribution in [1.29, 1.82) is 0 Å². The predicted molar refractivity (Wildman–Crippen MR) is 130 cm³/mol. The zero-order valence-corrected chi connectivity index (χ0v) is 19.8. The van der Waals surface area contributed by atoms with Gasteiger partial charge in [-0.3, -0.25) is 13.9 Å². The lowest BCUT2D eigenvalue weighted by atomic mass is 10.1. The minimum Gasteiger partial charge on any atom is -0.267 e. The van der Waals surface area contributed by atoms with Gasteiger partial charge in [-0.15, -0.1) is 0 Å². The summed E-state index contributed by atoms with van der Waals surface area (Å²) in [5, 5.41) is 0. The molecule has 1 aliphatic heterocycles. The molecule has 0 spiro atoms. The first-order chi connectivity index (χ1) is 15.7. The first kappa shape index (κ1) is 21.2. The fraction of sp³-hybridized carbons (Fsp3) is 0.346. The molecule has 0 radical (unpaired) electrons. The summed E-state index contributed by atoms with van der Waals surface area (Å²) in [6.07, 6.45) is 0. The zero-order chi connectivity index (χ0) is 23.4. The minimum atomic E-state index is -0.319. The van der Waals surface area contributed by atoms with Crippen LogP contribution in [0.25, 0.3) is 11.2 Å². The highest BCUT2D eigenvalue weighted by molar-refractivity contribution is 5.70. The lowest BCUT2D eigenvalue weighted by Gasteiger charge is -2.27. The molecule has 0 amide bonds. The summed E-state index contributed by atoms with van der Waals surface area (Å²) in [4.78, 5) is 32.6. The molecule has 3 heterocycles. The van der Waals surface area contributed by atoms with Gasteiger partial charge < -0.3 is 0 Å².